The fourth-order valence-corrected chi connectivity index (χ4v) is 3.80. The van der Waals surface area contributed by atoms with E-state index in [1.165, 1.54) is 11.1 Å². The largest absolute Gasteiger partial charge is 0.497 e. The first kappa shape index (κ1) is 14.4. The molecule has 1 aromatic rings. The van der Waals surface area contributed by atoms with Crippen LogP contribution in [0.2, 0.25) is 0 Å². The minimum absolute atomic E-state index is 0.0303. The zero-order chi connectivity index (χ0) is 15.0. The van der Waals surface area contributed by atoms with E-state index in [0.717, 1.165) is 31.6 Å². The first-order valence-corrected chi connectivity index (χ1v) is 7.80. The lowest BCUT2D eigenvalue weighted by atomic mass is 9.84. The Morgan fingerprint density at radius 1 is 1.33 bits per heavy atom. The predicted octanol–water partition coefficient (Wildman–Crippen LogP) is 2.14. The quantitative estimate of drug-likeness (QED) is 0.906. The van der Waals surface area contributed by atoms with Crippen LogP contribution in [0.3, 0.4) is 0 Å². The Labute approximate surface area is 126 Å². The number of nitrogens with one attached hydrogen (secondary N) is 1. The van der Waals surface area contributed by atoms with E-state index in [-0.39, 0.29) is 18.0 Å². The van der Waals surface area contributed by atoms with Crippen LogP contribution in [0, 0.1) is 5.92 Å². The summed E-state index contributed by atoms with van der Waals surface area (Å²) in [7, 11) is 3.59. The van der Waals surface area contributed by atoms with E-state index in [0.29, 0.717) is 5.92 Å². The van der Waals surface area contributed by atoms with Crippen LogP contribution in [0.1, 0.15) is 36.9 Å². The molecule has 1 amide bonds. The van der Waals surface area contributed by atoms with Crippen molar-refractivity contribution in [1.82, 2.24) is 10.2 Å². The van der Waals surface area contributed by atoms with Gasteiger partial charge in [-0.1, -0.05) is 13.0 Å². The number of methoxy groups -OCH3 is 1. The topological polar surface area (TPSA) is 41.6 Å². The van der Waals surface area contributed by atoms with E-state index in [2.05, 4.69) is 29.3 Å². The van der Waals surface area contributed by atoms with Gasteiger partial charge in [0, 0.05) is 6.54 Å². The number of nitrogens with zero attached hydrogens (tertiary/aromatic N) is 1. The molecule has 3 atom stereocenters. The third-order valence-electron chi connectivity index (χ3n) is 5.01. The van der Waals surface area contributed by atoms with Crippen molar-refractivity contribution in [2.45, 2.75) is 38.3 Å². The van der Waals surface area contributed by atoms with Crippen LogP contribution in [0.5, 0.6) is 5.75 Å². The lowest BCUT2D eigenvalue weighted by molar-refractivity contribution is -0.136. The number of hydrogen-bond acceptors (Lipinski definition) is 3. The Hall–Kier alpha value is -1.55. The van der Waals surface area contributed by atoms with Gasteiger partial charge in [-0.15, -0.1) is 0 Å². The summed E-state index contributed by atoms with van der Waals surface area (Å²) in [6.07, 6.45) is 2.91. The van der Waals surface area contributed by atoms with E-state index in [4.69, 9.17) is 4.74 Å². The highest BCUT2D eigenvalue weighted by Crippen LogP contribution is 2.40. The summed E-state index contributed by atoms with van der Waals surface area (Å²) in [5, 5.41) is 3.18. The van der Waals surface area contributed by atoms with Crippen molar-refractivity contribution in [2.75, 3.05) is 20.7 Å². The molecular weight excluding hydrogens is 264 g/mol. The molecule has 0 aliphatic carbocycles. The van der Waals surface area contributed by atoms with Crippen LogP contribution in [0.25, 0.3) is 0 Å². The Balaban J connectivity index is 2.00. The van der Waals surface area contributed by atoms with Crippen LogP contribution < -0.4 is 10.1 Å². The fraction of sp³-hybridized carbons (Fsp3) is 0.588. The molecule has 0 bridgehead atoms. The Morgan fingerprint density at radius 2 is 2.14 bits per heavy atom. The molecule has 2 heterocycles. The average molecular weight is 288 g/mol. The molecule has 2 aliphatic heterocycles. The van der Waals surface area contributed by atoms with Crippen LogP contribution in [0.15, 0.2) is 18.2 Å². The fourth-order valence-electron chi connectivity index (χ4n) is 3.80. The van der Waals surface area contributed by atoms with Gasteiger partial charge >= 0.3 is 0 Å². The summed E-state index contributed by atoms with van der Waals surface area (Å²) in [5.74, 6) is 1.65. The van der Waals surface area contributed by atoms with Gasteiger partial charge in [-0.2, -0.15) is 0 Å². The van der Waals surface area contributed by atoms with E-state index >= 15 is 0 Å². The number of fused-ring (bicyclic) bond motifs is 3. The van der Waals surface area contributed by atoms with E-state index in [1.54, 1.807) is 7.11 Å². The van der Waals surface area contributed by atoms with Gasteiger partial charge in [-0.25, -0.2) is 0 Å². The van der Waals surface area contributed by atoms with Crippen LogP contribution >= 0.6 is 0 Å². The molecule has 4 heteroatoms. The first-order valence-electron chi connectivity index (χ1n) is 7.80. The van der Waals surface area contributed by atoms with Gasteiger partial charge in [0.05, 0.1) is 19.2 Å². The normalized spacial score (nSPS) is 28.6. The average Bonchev–Trinajstić information content (AvgIpc) is 2.64. The SMILES string of the molecule is CNC1CCC(C)C2c3ccc(OC)cc3CCN2C1=O. The van der Waals surface area contributed by atoms with Crippen LogP contribution in [-0.2, 0) is 11.2 Å². The second-order valence-corrected chi connectivity index (χ2v) is 6.19. The number of hydrogen-bond donors (Lipinski definition) is 1. The molecule has 3 rings (SSSR count). The molecular formula is C17H24N2O2. The number of benzene rings is 1. The number of ether oxygens (including phenoxy) is 1. The molecule has 0 aromatic heterocycles. The minimum Gasteiger partial charge on any atom is -0.497 e. The molecule has 1 aromatic carbocycles. The molecule has 0 radical (unpaired) electrons. The Bertz CT molecular complexity index is 544. The van der Waals surface area contributed by atoms with Gasteiger partial charge < -0.3 is 15.0 Å². The van der Waals surface area contributed by atoms with E-state index in [9.17, 15) is 4.79 Å². The maximum absolute atomic E-state index is 12.7. The van der Waals surface area contributed by atoms with Crippen molar-refractivity contribution in [3.8, 4) is 5.75 Å². The maximum Gasteiger partial charge on any atom is 0.240 e. The van der Waals surface area contributed by atoms with Crippen molar-refractivity contribution in [3.05, 3.63) is 29.3 Å². The van der Waals surface area contributed by atoms with Crippen LogP contribution in [-0.4, -0.2) is 37.6 Å². The molecule has 2 aliphatic rings. The number of carbonyl (C=O) groups excluding carboxylic acids is 1. The molecule has 1 saturated heterocycles. The zero-order valence-corrected chi connectivity index (χ0v) is 13.1. The van der Waals surface area contributed by atoms with Gasteiger partial charge in [0.1, 0.15) is 5.75 Å². The Morgan fingerprint density at radius 3 is 2.86 bits per heavy atom. The van der Waals surface area contributed by atoms with Crippen molar-refractivity contribution in [3.63, 3.8) is 0 Å². The van der Waals surface area contributed by atoms with Crippen LogP contribution in [0.4, 0.5) is 0 Å². The van der Waals surface area contributed by atoms with Gasteiger partial charge in [0.15, 0.2) is 0 Å². The lowest BCUT2D eigenvalue weighted by Crippen LogP contribution is -2.48. The predicted molar refractivity (Wildman–Crippen MR) is 82.4 cm³/mol. The first-order chi connectivity index (χ1) is 10.2. The summed E-state index contributed by atoms with van der Waals surface area (Å²) in [5.41, 5.74) is 2.64. The van der Waals surface area contributed by atoms with E-state index < -0.39 is 0 Å². The van der Waals surface area contributed by atoms with Crippen molar-refractivity contribution in [2.24, 2.45) is 5.92 Å². The summed E-state index contributed by atoms with van der Waals surface area (Å²) >= 11 is 0. The summed E-state index contributed by atoms with van der Waals surface area (Å²) in [6.45, 7) is 3.08. The monoisotopic (exact) mass is 288 g/mol. The highest BCUT2D eigenvalue weighted by atomic mass is 16.5. The lowest BCUT2D eigenvalue weighted by Gasteiger charge is -2.40. The Kier molecular flexibility index (Phi) is 3.89. The van der Waals surface area contributed by atoms with Crippen molar-refractivity contribution < 1.29 is 9.53 Å². The number of amides is 1. The van der Waals surface area contributed by atoms with Gasteiger partial charge in [-0.3, -0.25) is 4.79 Å². The summed E-state index contributed by atoms with van der Waals surface area (Å²) < 4.78 is 5.33. The molecule has 1 fully saturated rings. The van der Waals surface area contributed by atoms with Gasteiger partial charge in [0.25, 0.3) is 0 Å². The second-order valence-electron chi connectivity index (χ2n) is 6.19. The third-order valence-corrected chi connectivity index (χ3v) is 5.01. The smallest absolute Gasteiger partial charge is 0.240 e. The second kappa shape index (κ2) is 5.68. The third kappa shape index (κ3) is 2.42. The molecule has 0 spiro atoms. The molecule has 1 N–H and O–H groups in total. The molecule has 4 nitrogen and oxygen atoms in total. The standard InChI is InChI=1S/C17H24N2O2/c1-11-4-7-15(18-2)17(20)19-9-8-12-10-13(21-3)5-6-14(12)16(11)19/h5-6,10-11,15-16,18H,4,7-9H2,1-3H3. The summed E-state index contributed by atoms with van der Waals surface area (Å²) in [6, 6.07) is 6.47. The number of carbonyl (C=O) groups is 1. The van der Waals surface area contributed by atoms with Gasteiger partial charge in [-0.05, 0) is 55.5 Å². The van der Waals surface area contributed by atoms with E-state index in [1.807, 2.05) is 13.1 Å². The minimum atomic E-state index is -0.0303. The van der Waals surface area contributed by atoms with Crippen molar-refractivity contribution in [1.29, 1.82) is 0 Å². The molecule has 114 valence electrons. The molecule has 3 unspecified atom stereocenters. The number of likely N-dealkylation sites (N-methyl/N-ethyl adjacent to an activating group) is 1. The molecule has 0 saturated carbocycles. The highest BCUT2D eigenvalue weighted by Gasteiger charge is 2.39. The highest BCUT2D eigenvalue weighted by molar-refractivity contribution is 5.83. The summed E-state index contributed by atoms with van der Waals surface area (Å²) in [4.78, 5) is 14.8. The number of rotatable bonds is 2. The molecule has 21 heavy (non-hydrogen) atoms. The van der Waals surface area contributed by atoms with Crippen molar-refractivity contribution >= 4 is 5.91 Å². The van der Waals surface area contributed by atoms with Gasteiger partial charge in [0.2, 0.25) is 5.91 Å². The maximum atomic E-state index is 12.7. The zero-order valence-electron chi connectivity index (χ0n) is 13.1.